The maximum absolute atomic E-state index is 12.7. The van der Waals surface area contributed by atoms with Crippen LogP contribution < -0.4 is 5.32 Å². The van der Waals surface area contributed by atoms with Crippen molar-refractivity contribution in [3.8, 4) is 0 Å². The SMILES string of the molecule is CN1C[C@@H](c2ccc(C(F)(F)F)cc2)[C@H](C(=O)Nc2ncc(Cl)s2)C1=O. The number of anilines is 1. The summed E-state index contributed by atoms with van der Waals surface area (Å²) in [5.41, 5.74) is -0.287. The molecular formula is C16H13ClF3N3O2S. The van der Waals surface area contributed by atoms with Gasteiger partial charge in [0.25, 0.3) is 0 Å². The number of nitrogens with one attached hydrogen (secondary N) is 1. The van der Waals surface area contributed by atoms with Crippen LogP contribution >= 0.6 is 22.9 Å². The van der Waals surface area contributed by atoms with E-state index in [1.165, 1.54) is 23.2 Å². The smallest absolute Gasteiger partial charge is 0.344 e. The molecule has 2 amide bonds. The van der Waals surface area contributed by atoms with Crippen LogP contribution in [0.15, 0.2) is 30.5 Å². The molecule has 5 nitrogen and oxygen atoms in total. The van der Waals surface area contributed by atoms with Crippen molar-refractivity contribution >= 4 is 39.9 Å². The van der Waals surface area contributed by atoms with Gasteiger partial charge in [-0.25, -0.2) is 4.98 Å². The zero-order chi connectivity index (χ0) is 19.1. The molecule has 0 radical (unpaired) electrons. The molecule has 0 spiro atoms. The maximum Gasteiger partial charge on any atom is 0.416 e. The van der Waals surface area contributed by atoms with Gasteiger partial charge in [-0.05, 0) is 17.7 Å². The van der Waals surface area contributed by atoms with E-state index in [9.17, 15) is 22.8 Å². The average molecular weight is 404 g/mol. The molecule has 0 unspecified atom stereocenters. The van der Waals surface area contributed by atoms with Crippen LogP contribution in [0.1, 0.15) is 17.0 Å². The number of carbonyl (C=O) groups excluding carboxylic acids is 2. The van der Waals surface area contributed by atoms with Crippen LogP contribution in [0, 0.1) is 5.92 Å². The van der Waals surface area contributed by atoms with E-state index in [0.717, 1.165) is 23.5 Å². The lowest BCUT2D eigenvalue weighted by Crippen LogP contribution is -2.32. The number of halogens is 4. The Morgan fingerprint density at radius 3 is 2.54 bits per heavy atom. The van der Waals surface area contributed by atoms with Crippen LogP contribution in [0.4, 0.5) is 18.3 Å². The quantitative estimate of drug-likeness (QED) is 0.796. The molecule has 1 saturated heterocycles. The number of benzene rings is 1. The predicted octanol–water partition coefficient (Wildman–Crippen LogP) is 3.63. The van der Waals surface area contributed by atoms with Crippen LogP contribution in [-0.4, -0.2) is 35.3 Å². The molecule has 1 aliphatic heterocycles. The van der Waals surface area contributed by atoms with Gasteiger partial charge in [-0.2, -0.15) is 13.2 Å². The number of amides is 2. The first-order valence-corrected chi connectivity index (χ1v) is 8.70. The predicted molar refractivity (Wildman–Crippen MR) is 91.1 cm³/mol. The highest BCUT2D eigenvalue weighted by atomic mass is 35.5. The highest BCUT2D eigenvalue weighted by Crippen LogP contribution is 2.36. The molecular weight excluding hydrogens is 391 g/mol. The molecule has 0 saturated carbocycles. The first-order valence-electron chi connectivity index (χ1n) is 7.51. The molecule has 26 heavy (non-hydrogen) atoms. The van der Waals surface area contributed by atoms with E-state index in [0.29, 0.717) is 9.90 Å². The van der Waals surface area contributed by atoms with Gasteiger partial charge in [0.2, 0.25) is 11.8 Å². The van der Waals surface area contributed by atoms with E-state index in [-0.39, 0.29) is 11.7 Å². The number of hydrogen-bond acceptors (Lipinski definition) is 4. The van der Waals surface area contributed by atoms with Gasteiger partial charge in [-0.3, -0.25) is 9.59 Å². The topological polar surface area (TPSA) is 62.3 Å². The standard InChI is InChI=1S/C16H13ClF3N3O2S/c1-23-7-10(8-2-4-9(5-3-8)16(18,19)20)12(14(23)25)13(24)22-15-21-6-11(17)26-15/h2-6,10,12H,7H2,1H3,(H,21,22,24)/t10-,12+/m0/s1. The van der Waals surface area contributed by atoms with Crippen molar-refractivity contribution < 1.29 is 22.8 Å². The average Bonchev–Trinajstić information content (AvgIpc) is 3.10. The number of thiazole rings is 1. The Morgan fingerprint density at radius 1 is 1.35 bits per heavy atom. The van der Waals surface area contributed by atoms with Gasteiger partial charge in [-0.15, -0.1) is 0 Å². The number of alkyl halides is 3. The molecule has 1 aromatic carbocycles. The summed E-state index contributed by atoms with van der Waals surface area (Å²) >= 11 is 6.82. The second-order valence-corrected chi connectivity index (χ2v) is 7.54. The lowest BCUT2D eigenvalue weighted by Gasteiger charge is -2.17. The molecule has 0 aliphatic carbocycles. The van der Waals surface area contributed by atoms with Gasteiger partial charge in [0, 0.05) is 19.5 Å². The second-order valence-electron chi connectivity index (χ2n) is 5.88. The Kier molecular flexibility index (Phi) is 4.94. The van der Waals surface area contributed by atoms with Crippen molar-refractivity contribution in [1.29, 1.82) is 0 Å². The number of aromatic nitrogens is 1. The van der Waals surface area contributed by atoms with Crippen LogP contribution in [-0.2, 0) is 15.8 Å². The monoisotopic (exact) mass is 403 g/mol. The molecule has 2 heterocycles. The van der Waals surface area contributed by atoms with Crippen molar-refractivity contribution in [3.05, 3.63) is 45.9 Å². The Bertz CT molecular complexity index is 838. The highest BCUT2D eigenvalue weighted by molar-refractivity contribution is 7.19. The molecule has 1 fully saturated rings. The van der Waals surface area contributed by atoms with Crippen molar-refractivity contribution in [3.63, 3.8) is 0 Å². The van der Waals surface area contributed by atoms with Gasteiger partial charge in [0.1, 0.15) is 10.3 Å². The van der Waals surface area contributed by atoms with E-state index in [2.05, 4.69) is 10.3 Å². The summed E-state index contributed by atoms with van der Waals surface area (Å²) in [6.45, 7) is 0.237. The van der Waals surface area contributed by atoms with E-state index in [1.54, 1.807) is 7.05 Å². The summed E-state index contributed by atoms with van der Waals surface area (Å²) in [5.74, 6) is -2.55. The van der Waals surface area contributed by atoms with Gasteiger partial charge >= 0.3 is 6.18 Å². The summed E-state index contributed by atoms with van der Waals surface area (Å²) in [5, 5.41) is 2.81. The van der Waals surface area contributed by atoms with E-state index < -0.39 is 35.4 Å². The Hall–Kier alpha value is -2.13. The summed E-state index contributed by atoms with van der Waals surface area (Å²) in [4.78, 5) is 30.3. The molecule has 2 atom stereocenters. The first-order chi connectivity index (χ1) is 12.2. The number of carbonyl (C=O) groups is 2. The van der Waals surface area contributed by atoms with Crippen molar-refractivity contribution in [1.82, 2.24) is 9.88 Å². The zero-order valence-corrected chi connectivity index (χ0v) is 15.0. The fourth-order valence-corrected chi connectivity index (χ4v) is 3.72. The fourth-order valence-electron chi connectivity index (χ4n) is 2.91. The molecule has 2 aromatic rings. The molecule has 1 N–H and O–H groups in total. The van der Waals surface area contributed by atoms with E-state index >= 15 is 0 Å². The van der Waals surface area contributed by atoms with E-state index in [4.69, 9.17) is 11.6 Å². The van der Waals surface area contributed by atoms with Gasteiger partial charge < -0.3 is 10.2 Å². The number of hydrogen-bond donors (Lipinski definition) is 1. The van der Waals surface area contributed by atoms with Crippen LogP contribution in [0.5, 0.6) is 0 Å². The third-order valence-electron chi connectivity index (χ3n) is 4.17. The fraction of sp³-hybridized carbons (Fsp3) is 0.312. The maximum atomic E-state index is 12.7. The minimum Gasteiger partial charge on any atom is -0.344 e. The molecule has 1 aromatic heterocycles. The first kappa shape index (κ1) is 18.7. The van der Waals surface area contributed by atoms with Crippen LogP contribution in [0.2, 0.25) is 4.34 Å². The third kappa shape index (κ3) is 3.68. The Morgan fingerprint density at radius 2 is 2.00 bits per heavy atom. The minimum absolute atomic E-state index is 0.237. The molecule has 0 bridgehead atoms. The van der Waals surface area contributed by atoms with Crippen molar-refractivity contribution in [2.24, 2.45) is 5.92 Å². The number of likely N-dealkylation sites (N-methyl/N-ethyl adjacent to an activating group) is 1. The van der Waals surface area contributed by atoms with Crippen LogP contribution in [0.25, 0.3) is 0 Å². The third-order valence-corrected chi connectivity index (χ3v) is 5.20. The zero-order valence-electron chi connectivity index (χ0n) is 13.4. The normalized spacial score (nSPS) is 20.5. The molecule has 3 rings (SSSR count). The minimum atomic E-state index is -4.44. The largest absolute Gasteiger partial charge is 0.416 e. The second kappa shape index (κ2) is 6.88. The summed E-state index contributed by atoms with van der Waals surface area (Å²) in [7, 11) is 1.55. The number of rotatable bonds is 3. The lowest BCUT2D eigenvalue weighted by molar-refractivity contribution is -0.138. The van der Waals surface area contributed by atoms with E-state index in [1.807, 2.05) is 0 Å². The number of nitrogens with zero attached hydrogens (tertiary/aromatic N) is 2. The Balaban J connectivity index is 1.85. The number of likely N-dealkylation sites (tertiary alicyclic amines) is 1. The van der Waals surface area contributed by atoms with Crippen molar-refractivity contribution in [2.45, 2.75) is 12.1 Å². The molecule has 138 valence electrons. The summed E-state index contributed by atoms with van der Waals surface area (Å²) in [6, 6.07) is 4.52. The van der Waals surface area contributed by atoms with Gasteiger partial charge in [0.05, 0.1) is 11.8 Å². The summed E-state index contributed by atoms with van der Waals surface area (Å²) in [6.07, 6.45) is -3.07. The van der Waals surface area contributed by atoms with Crippen molar-refractivity contribution in [2.75, 3.05) is 18.9 Å². The van der Waals surface area contributed by atoms with Gasteiger partial charge in [-0.1, -0.05) is 35.1 Å². The lowest BCUT2D eigenvalue weighted by atomic mass is 9.87. The van der Waals surface area contributed by atoms with Gasteiger partial charge in [0.15, 0.2) is 5.13 Å². The highest BCUT2D eigenvalue weighted by Gasteiger charge is 2.44. The molecule has 10 heteroatoms. The molecule has 1 aliphatic rings. The Labute approximate surface area is 155 Å². The van der Waals surface area contributed by atoms with Crippen LogP contribution in [0.3, 0.4) is 0 Å². The summed E-state index contributed by atoms with van der Waals surface area (Å²) < 4.78 is 38.6.